The monoisotopic (exact) mass is 207 g/mol. The van der Waals surface area contributed by atoms with Crippen molar-refractivity contribution in [1.82, 2.24) is 0 Å². The molecule has 0 saturated heterocycles. The van der Waals surface area contributed by atoms with Gasteiger partial charge in [-0.15, -0.1) is 0 Å². The average Bonchev–Trinajstić information content (AvgIpc) is 2.03. The molecule has 1 atom stereocenters. The molecule has 0 aromatic rings. The van der Waals surface area contributed by atoms with Crippen molar-refractivity contribution < 1.29 is 18.1 Å². The van der Waals surface area contributed by atoms with Crippen LogP contribution in [-0.2, 0) is 10.1 Å². The lowest BCUT2D eigenvalue weighted by molar-refractivity contribution is 0.126. The van der Waals surface area contributed by atoms with Gasteiger partial charge in [-0.3, -0.25) is 0 Å². The van der Waals surface area contributed by atoms with Crippen LogP contribution in [0.15, 0.2) is 0 Å². The van der Waals surface area contributed by atoms with Crippen molar-refractivity contribution in [2.75, 3.05) is 0 Å². The lowest BCUT2D eigenvalue weighted by Crippen LogP contribution is -2.31. The van der Waals surface area contributed by atoms with E-state index in [4.69, 9.17) is 0 Å². The molecule has 4 nitrogen and oxygen atoms in total. The zero-order valence-corrected chi connectivity index (χ0v) is 8.46. The Morgan fingerprint density at radius 2 is 1.77 bits per heavy atom. The Kier molecular flexibility index (Phi) is 3.32. The Hall–Kier alpha value is -0.130. The molecule has 0 spiro atoms. The van der Waals surface area contributed by atoms with Crippen LogP contribution in [0.5, 0.6) is 0 Å². The van der Waals surface area contributed by atoms with E-state index < -0.39 is 15.6 Å². The predicted molar refractivity (Wildman–Crippen MR) is 46.8 cm³/mol. The first-order valence-electron chi connectivity index (χ1n) is 4.54. The van der Waals surface area contributed by atoms with Crippen LogP contribution in [0.1, 0.15) is 32.6 Å². The zero-order valence-electron chi connectivity index (χ0n) is 7.64. The molecular formula is C8H15O4S-. The fraction of sp³-hybridized carbons (Fsp3) is 1.00. The largest absolute Gasteiger partial charge is 0.746 e. The van der Waals surface area contributed by atoms with Gasteiger partial charge in [0, 0.05) is 0 Å². The highest BCUT2D eigenvalue weighted by Crippen LogP contribution is 2.31. The van der Waals surface area contributed by atoms with Crippen LogP contribution in [0.25, 0.3) is 0 Å². The molecule has 0 radical (unpaired) electrons. The highest BCUT2D eigenvalue weighted by atomic mass is 32.2. The number of hydrogen-bond acceptors (Lipinski definition) is 4. The molecule has 0 aliphatic heterocycles. The summed E-state index contributed by atoms with van der Waals surface area (Å²) >= 11 is 0. The summed E-state index contributed by atoms with van der Waals surface area (Å²) in [5, 5.41) is 9.20. The second kappa shape index (κ2) is 3.94. The molecule has 1 rings (SSSR count). The maximum Gasteiger partial charge on any atom is 0.146 e. The van der Waals surface area contributed by atoms with Gasteiger partial charge in [0.1, 0.15) is 15.6 Å². The molecule has 1 N–H and O–H groups in total. The molecule has 1 aliphatic carbocycles. The highest BCUT2D eigenvalue weighted by molar-refractivity contribution is 7.86. The van der Waals surface area contributed by atoms with Crippen LogP contribution in [0, 0.1) is 11.8 Å². The van der Waals surface area contributed by atoms with Crippen molar-refractivity contribution in [2.24, 2.45) is 11.8 Å². The van der Waals surface area contributed by atoms with Crippen LogP contribution in [0.2, 0.25) is 0 Å². The van der Waals surface area contributed by atoms with E-state index in [1.165, 1.54) is 0 Å². The van der Waals surface area contributed by atoms with E-state index in [0.717, 1.165) is 12.8 Å². The summed E-state index contributed by atoms with van der Waals surface area (Å²) in [5.41, 5.74) is -1.69. The molecule has 1 fully saturated rings. The molecule has 0 heterocycles. The van der Waals surface area contributed by atoms with Crippen molar-refractivity contribution in [3.8, 4) is 0 Å². The first kappa shape index (κ1) is 10.9. The van der Waals surface area contributed by atoms with E-state index in [-0.39, 0.29) is 5.92 Å². The number of aliphatic hydroxyl groups excluding tert-OH is 1. The van der Waals surface area contributed by atoms with Crippen LogP contribution in [-0.4, -0.2) is 23.5 Å². The van der Waals surface area contributed by atoms with Gasteiger partial charge in [0.15, 0.2) is 0 Å². The predicted octanol–water partition coefficient (Wildman–Crippen LogP) is 0.676. The summed E-state index contributed by atoms with van der Waals surface area (Å²) in [7, 11) is -4.51. The third-order valence-corrected chi connectivity index (χ3v) is 3.74. The quantitative estimate of drug-likeness (QED) is 0.675. The first-order valence-corrected chi connectivity index (χ1v) is 6.01. The van der Waals surface area contributed by atoms with Crippen LogP contribution in [0.4, 0.5) is 0 Å². The van der Waals surface area contributed by atoms with Gasteiger partial charge in [0.05, 0.1) is 0 Å². The van der Waals surface area contributed by atoms with Gasteiger partial charge in [0.2, 0.25) is 0 Å². The Balaban J connectivity index is 2.55. The van der Waals surface area contributed by atoms with E-state index in [2.05, 4.69) is 6.92 Å². The molecule has 0 aromatic carbocycles. The van der Waals surface area contributed by atoms with Gasteiger partial charge in [0.25, 0.3) is 0 Å². The summed E-state index contributed by atoms with van der Waals surface area (Å²) in [5.74, 6) is 0.233. The minimum atomic E-state index is -4.51. The molecule has 13 heavy (non-hydrogen) atoms. The maximum absolute atomic E-state index is 10.5. The zero-order chi connectivity index (χ0) is 10.1. The lowest BCUT2D eigenvalue weighted by atomic mass is 9.83. The molecule has 1 saturated carbocycles. The number of hydrogen-bond donors (Lipinski definition) is 1. The van der Waals surface area contributed by atoms with E-state index in [1.807, 2.05) is 0 Å². The minimum Gasteiger partial charge on any atom is -0.746 e. The summed E-state index contributed by atoms with van der Waals surface area (Å²) in [6.07, 6.45) is 3.09. The van der Waals surface area contributed by atoms with Gasteiger partial charge in [-0.25, -0.2) is 8.42 Å². The number of aliphatic hydroxyl groups is 1. The molecule has 0 aromatic heterocycles. The summed E-state index contributed by atoms with van der Waals surface area (Å²) in [6.45, 7) is 2.09. The second-order valence-electron chi connectivity index (χ2n) is 3.90. The Labute approximate surface area is 78.7 Å². The van der Waals surface area contributed by atoms with Gasteiger partial charge >= 0.3 is 0 Å². The molecule has 0 amide bonds. The van der Waals surface area contributed by atoms with Crippen molar-refractivity contribution in [1.29, 1.82) is 0 Å². The van der Waals surface area contributed by atoms with Crippen molar-refractivity contribution in [3.63, 3.8) is 0 Å². The Morgan fingerprint density at radius 1 is 1.31 bits per heavy atom. The molecule has 1 unspecified atom stereocenters. The van der Waals surface area contributed by atoms with E-state index in [1.54, 1.807) is 0 Å². The molecule has 5 heteroatoms. The summed E-state index contributed by atoms with van der Waals surface area (Å²) in [6, 6.07) is 0. The molecule has 78 valence electrons. The van der Waals surface area contributed by atoms with Gasteiger partial charge < -0.3 is 9.66 Å². The van der Waals surface area contributed by atoms with Crippen LogP contribution >= 0.6 is 0 Å². The standard InChI is InChI=1S/C8H16O4S/c1-6-2-4-7(5-3-6)8(9)13(10,11)12/h6-9H,2-5H2,1H3,(H,10,11,12)/p-1. The second-order valence-corrected chi connectivity index (χ2v) is 5.37. The van der Waals surface area contributed by atoms with Gasteiger partial charge in [-0.05, 0) is 24.7 Å². The van der Waals surface area contributed by atoms with Crippen molar-refractivity contribution in [3.05, 3.63) is 0 Å². The smallest absolute Gasteiger partial charge is 0.146 e. The molecule has 1 aliphatic rings. The van der Waals surface area contributed by atoms with E-state index >= 15 is 0 Å². The van der Waals surface area contributed by atoms with E-state index in [0.29, 0.717) is 18.8 Å². The summed E-state index contributed by atoms with van der Waals surface area (Å²) in [4.78, 5) is 0. The van der Waals surface area contributed by atoms with E-state index in [9.17, 15) is 18.1 Å². The van der Waals surface area contributed by atoms with Gasteiger partial charge in [-0.1, -0.05) is 19.8 Å². The van der Waals surface area contributed by atoms with Gasteiger partial charge in [-0.2, -0.15) is 0 Å². The number of rotatable bonds is 2. The third kappa shape index (κ3) is 2.93. The minimum absolute atomic E-state index is 0.348. The topological polar surface area (TPSA) is 77.4 Å². The average molecular weight is 207 g/mol. The Morgan fingerprint density at radius 3 is 2.15 bits per heavy atom. The first-order chi connectivity index (χ1) is 5.91. The SMILES string of the molecule is CC1CCC(C(O)S(=O)(=O)[O-])CC1. The third-order valence-electron chi connectivity index (χ3n) is 2.76. The highest BCUT2D eigenvalue weighted by Gasteiger charge is 2.28. The van der Waals surface area contributed by atoms with Crippen LogP contribution < -0.4 is 0 Å². The fourth-order valence-corrected chi connectivity index (χ4v) is 2.55. The fourth-order valence-electron chi connectivity index (χ4n) is 1.81. The maximum atomic E-state index is 10.5. The lowest BCUT2D eigenvalue weighted by Gasteiger charge is -2.30. The molecular weight excluding hydrogens is 192 g/mol. The normalized spacial score (nSPS) is 32.8. The van der Waals surface area contributed by atoms with Crippen molar-refractivity contribution >= 4 is 10.1 Å². The summed E-state index contributed by atoms with van der Waals surface area (Å²) < 4.78 is 31.5. The van der Waals surface area contributed by atoms with Crippen LogP contribution in [0.3, 0.4) is 0 Å². The van der Waals surface area contributed by atoms with Crippen molar-refractivity contribution in [2.45, 2.75) is 38.0 Å². The molecule has 0 bridgehead atoms. The Bertz CT molecular complexity index is 251.